The number of nitrogens with zero attached hydrogens (tertiary/aromatic N) is 1. The van der Waals surface area contributed by atoms with Crippen molar-refractivity contribution in [1.82, 2.24) is 5.32 Å². The Hall–Kier alpha value is -1.07. The van der Waals surface area contributed by atoms with Gasteiger partial charge in [-0.05, 0) is 53.9 Å². The van der Waals surface area contributed by atoms with E-state index < -0.39 is 0 Å². The Morgan fingerprint density at radius 1 is 1.55 bits per heavy atom. The molecule has 20 heavy (non-hydrogen) atoms. The van der Waals surface area contributed by atoms with Gasteiger partial charge in [-0.1, -0.05) is 13.0 Å². The molecule has 1 saturated heterocycles. The average molecular weight is 340 g/mol. The number of rotatable bonds is 6. The minimum atomic E-state index is -0.382. The van der Waals surface area contributed by atoms with E-state index in [0.29, 0.717) is 11.6 Å². The first-order chi connectivity index (χ1) is 9.63. The molecule has 1 aliphatic rings. The fourth-order valence-corrected chi connectivity index (χ4v) is 3.33. The number of hydrogen-bond acceptors (Lipinski definition) is 3. The van der Waals surface area contributed by atoms with Crippen molar-refractivity contribution in [3.05, 3.63) is 28.2 Å². The molecular formula is C15H22BrN3O. The Morgan fingerprint density at radius 2 is 2.35 bits per heavy atom. The van der Waals surface area contributed by atoms with E-state index in [0.717, 1.165) is 36.2 Å². The number of benzene rings is 1. The fourth-order valence-electron chi connectivity index (χ4n) is 2.78. The summed E-state index contributed by atoms with van der Waals surface area (Å²) in [6.45, 7) is 5.09. The normalized spacial score (nSPS) is 18.2. The van der Waals surface area contributed by atoms with E-state index in [4.69, 9.17) is 5.73 Å². The summed E-state index contributed by atoms with van der Waals surface area (Å²) in [6, 6.07) is 6.30. The molecule has 0 radical (unpaired) electrons. The highest BCUT2D eigenvalue weighted by Gasteiger charge is 2.21. The summed E-state index contributed by atoms with van der Waals surface area (Å²) in [5, 5.41) is 3.51. The van der Waals surface area contributed by atoms with Crippen LogP contribution in [0.25, 0.3) is 0 Å². The maximum absolute atomic E-state index is 11.7. The second-order valence-electron chi connectivity index (χ2n) is 5.24. The van der Waals surface area contributed by atoms with Gasteiger partial charge in [-0.15, -0.1) is 0 Å². The lowest BCUT2D eigenvalue weighted by molar-refractivity contribution is 0.1000. The number of nitrogens with one attached hydrogen (secondary N) is 1. The standard InChI is InChI=1S/C15H22BrN3O/c1-2-9-19(10-11-5-4-8-18-11)13-7-3-6-12(16)14(13)15(17)20/h3,6-7,11,18H,2,4-5,8-10H2,1H3,(H2,17,20). The van der Waals surface area contributed by atoms with Crippen molar-refractivity contribution in [1.29, 1.82) is 0 Å². The Balaban J connectivity index is 2.28. The van der Waals surface area contributed by atoms with E-state index in [1.807, 2.05) is 18.2 Å². The molecule has 3 N–H and O–H groups in total. The minimum absolute atomic E-state index is 0.382. The Labute approximate surface area is 128 Å². The van der Waals surface area contributed by atoms with E-state index in [1.54, 1.807) is 0 Å². The maximum Gasteiger partial charge on any atom is 0.251 e. The van der Waals surface area contributed by atoms with Crippen LogP contribution in [0.3, 0.4) is 0 Å². The molecule has 1 aromatic carbocycles. The fraction of sp³-hybridized carbons (Fsp3) is 0.533. The van der Waals surface area contributed by atoms with E-state index >= 15 is 0 Å². The summed E-state index contributed by atoms with van der Waals surface area (Å²) in [5.74, 6) is -0.382. The predicted molar refractivity (Wildman–Crippen MR) is 86.2 cm³/mol. The molecule has 5 heteroatoms. The van der Waals surface area contributed by atoms with E-state index in [2.05, 4.69) is 33.1 Å². The number of primary amides is 1. The van der Waals surface area contributed by atoms with Gasteiger partial charge in [-0.2, -0.15) is 0 Å². The zero-order valence-corrected chi connectivity index (χ0v) is 13.4. The molecule has 1 amide bonds. The monoisotopic (exact) mass is 339 g/mol. The molecule has 0 aliphatic carbocycles. The van der Waals surface area contributed by atoms with Crippen molar-refractivity contribution in [2.75, 3.05) is 24.5 Å². The van der Waals surface area contributed by atoms with E-state index in [9.17, 15) is 4.79 Å². The highest BCUT2D eigenvalue weighted by Crippen LogP contribution is 2.28. The van der Waals surface area contributed by atoms with Crippen LogP contribution in [0.5, 0.6) is 0 Å². The minimum Gasteiger partial charge on any atom is -0.369 e. The van der Waals surface area contributed by atoms with Crippen LogP contribution in [0.1, 0.15) is 36.5 Å². The molecule has 2 rings (SSSR count). The van der Waals surface area contributed by atoms with Gasteiger partial charge < -0.3 is 16.0 Å². The molecule has 1 heterocycles. The number of carbonyl (C=O) groups excluding carboxylic acids is 1. The van der Waals surface area contributed by atoms with Crippen molar-refractivity contribution in [3.8, 4) is 0 Å². The van der Waals surface area contributed by atoms with Gasteiger partial charge >= 0.3 is 0 Å². The Morgan fingerprint density at radius 3 is 2.95 bits per heavy atom. The lowest BCUT2D eigenvalue weighted by Gasteiger charge is -2.29. The molecule has 1 unspecified atom stereocenters. The second kappa shape index (κ2) is 7.09. The lowest BCUT2D eigenvalue weighted by atomic mass is 10.1. The highest BCUT2D eigenvalue weighted by molar-refractivity contribution is 9.10. The van der Waals surface area contributed by atoms with Gasteiger partial charge in [0.05, 0.1) is 11.3 Å². The molecular weight excluding hydrogens is 318 g/mol. The molecule has 1 aliphatic heterocycles. The third kappa shape index (κ3) is 3.52. The lowest BCUT2D eigenvalue weighted by Crippen LogP contribution is -2.39. The van der Waals surface area contributed by atoms with E-state index in [-0.39, 0.29) is 5.91 Å². The van der Waals surface area contributed by atoms with Crippen LogP contribution in [-0.4, -0.2) is 31.6 Å². The SMILES string of the molecule is CCCN(CC1CCCN1)c1cccc(Br)c1C(N)=O. The number of carbonyl (C=O) groups is 1. The first-order valence-corrected chi connectivity index (χ1v) is 7.99. The number of hydrogen-bond donors (Lipinski definition) is 2. The molecule has 0 saturated carbocycles. The van der Waals surface area contributed by atoms with Crippen LogP contribution in [0.2, 0.25) is 0 Å². The largest absolute Gasteiger partial charge is 0.369 e. The van der Waals surface area contributed by atoms with Gasteiger partial charge in [0.25, 0.3) is 5.91 Å². The summed E-state index contributed by atoms with van der Waals surface area (Å²) < 4.78 is 0.767. The zero-order chi connectivity index (χ0) is 14.5. The van der Waals surface area contributed by atoms with Crippen LogP contribution in [0.15, 0.2) is 22.7 Å². The molecule has 1 aromatic rings. The first-order valence-electron chi connectivity index (χ1n) is 7.20. The molecule has 0 spiro atoms. The topological polar surface area (TPSA) is 58.4 Å². The number of nitrogens with two attached hydrogens (primary N) is 1. The van der Waals surface area contributed by atoms with Crippen LogP contribution in [0, 0.1) is 0 Å². The van der Waals surface area contributed by atoms with Crippen LogP contribution in [-0.2, 0) is 0 Å². The maximum atomic E-state index is 11.7. The van der Waals surface area contributed by atoms with Crippen molar-refractivity contribution in [2.24, 2.45) is 5.73 Å². The summed E-state index contributed by atoms with van der Waals surface area (Å²) in [4.78, 5) is 14.0. The molecule has 4 nitrogen and oxygen atoms in total. The van der Waals surface area contributed by atoms with Crippen LogP contribution >= 0.6 is 15.9 Å². The number of amides is 1. The van der Waals surface area contributed by atoms with Crippen molar-refractivity contribution >= 4 is 27.5 Å². The smallest absolute Gasteiger partial charge is 0.251 e. The molecule has 0 aromatic heterocycles. The average Bonchev–Trinajstić information content (AvgIpc) is 2.90. The number of halogens is 1. The quantitative estimate of drug-likeness (QED) is 0.837. The predicted octanol–water partition coefficient (Wildman–Crippen LogP) is 2.52. The van der Waals surface area contributed by atoms with E-state index in [1.165, 1.54) is 12.8 Å². The summed E-state index contributed by atoms with van der Waals surface area (Å²) in [7, 11) is 0. The third-order valence-corrected chi connectivity index (χ3v) is 4.34. The Bertz CT molecular complexity index is 472. The van der Waals surface area contributed by atoms with Gasteiger partial charge in [-0.25, -0.2) is 0 Å². The van der Waals surface area contributed by atoms with Gasteiger partial charge in [0, 0.05) is 23.6 Å². The summed E-state index contributed by atoms with van der Waals surface area (Å²) in [5.41, 5.74) is 7.06. The molecule has 0 bridgehead atoms. The summed E-state index contributed by atoms with van der Waals surface area (Å²) in [6.07, 6.45) is 3.46. The van der Waals surface area contributed by atoms with Crippen molar-refractivity contribution in [2.45, 2.75) is 32.2 Å². The van der Waals surface area contributed by atoms with Crippen LogP contribution in [0.4, 0.5) is 5.69 Å². The third-order valence-electron chi connectivity index (χ3n) is 3.68. The van der Waals surface area contributed by atoms with Gasteiger partial charge in [0.1, 0.15) is 0 Å². The highest BCUT2D eigenvalue weighted by atomic mass is 79.9. The van der Waals surface area contributed by atoms with Crippen LogP contribution < -0.4 is 16.0 Å². The second-order valence-corrected chi connectivity index (χ2v) is 6.09. The first kappa shape index (κ1) is 15.3. The van der Waals surface area contributed by atoms with Crippen molar-refractivity contribution < 1.29 is 4.79 Å². The molecule has 1 fully saturated rings. The molecule has 110 valence electrons. The summed E-state index contributed by atoms with van der Waals surface area (Å²) >= 11 is 3.44. The van der Waals surface area contributed by atoms with Crippen molar-refractivity contribution in [3.63, 3.8) is 0 Å². The van der Waals surface area contributed by atoms with Gasteiger partial charge in [0.2, 0.25) is 0 Å². The number of anilines is 1. The zero-order valence-electron chi connectivity index (χ0n) is 11.9. The van der Waals surface area contributed by atoms with Gasteiger partial charge in [0.15, 0.2) is 0 Å². The van der Waals surface area contributed by atoms with Gasteiger partial charge in [-0.3, -0.25) is 4.79 Å². The Kier molecular flexibility index (Phi) is 5.43. The molecule has 1 atom stereocenters.